The van der Waals surface area contributed by atoms with Crippen molar-refractivity contribution in [3.05, 3.63) is 41.7 Å². The van der Waals surface area contributed by atoms with Crippen molar-refractivity contribution in [2.75, 3.05) is 30.0 Å². The largest absolute Gasteiger partial charge is 0.481 e. The number of anilines is 2. The summed E-state index contributed by atoms with van der Waals surface area (Å²) in [7, 11) is 1.55. The van der Waals surface area contributed by atoms with Gasteiger partial charge in [0.15, 0.2) is 0 Å². The SMILES string of the molecule is COc1ccc2nccc(NC(=O)[C@@H]3CC[C@@H](NCc4nc5c(cc4C)SCCN5)[C@H](O)C3)c2n1. The summed E-state index contributed by atoms with van der Waals surface area (Å²) >= 11 is 1.83. The van der Waals surface area contributed by atoms with Gasteiger partial charge in [-0.15, -0.1) is 11.8 Å². The number of hydrogen-bond acceptors (Lipinski definition) is 9. The predicted octanol–water partition coefficient (Wildman–Crippen LogP) is 3.12. The monoisotopic (exact) mass is 494 g/mol. The minimum Gasteiger partial charge on any atom is -0.481 e. The van der Waals surface area contributed by atoms with E-state index in [1.165, 1.54) is 4.90 Å². The molecule has 35 heavy (non-hydrogen) atoms. The maximum atomic E-state index is 13.0. The summed E-state index contributed by atoms with van der Waals surface area (Å²) in [5.41, 5.74) is 3.98. The van der Waals surface area contributed by atoms with E-state index in [2.05, 4.69) is 38.9 Å². The number of pyridine rings is 3. The van der Waals surface area contributed by atoms with Gasteiger partial charge in [0, 0.05) is 43.1 Å². The third-order valence-corrected chi connectivity index (χ3v) is 7.71. The van der Waals surface area contributed by atoms with Gasteiger partial charge in [-0.25, -0.2) is 9.97 Å². The molecular formula is C25H30N6O3S. The Hall–Kier alpha value is -2.95. The van der Waals surface area contributed by atoms with Crippen LogP contribution >= 0.6 is 11.8 Å². The van der Waals surface area contributed by atoms with Crippen LogP contribution in [0.3, 0.4) is 0 Å². The fourth-order valence-corrected chi connectivity index (χ4v) is 5.62. The lowest BCUT2D eigenvalue weighted by Gasteiger charge is -2.33. The second kappa shape index (κ2) is 10.3. The summed E-state index contributed by atoms with van der Waals surface area (Å²) in [5.74, 6) is 2.07. The molecule has 4 N–H and O–H groups in total. The van der Waals surface area contributed by atoms with Gasteiger partial charge in [-0.1, -0.05) is 0 Å². The number of hydrogen-bond donors (Lipinski definition) is 4. The summed E-state index contributed by atoms with van der Waals surface area (Å²) in [6, 6.07) is 7.39. The first-order valence-electron chi connectivity index (χ1n) is 11.9. The quantitative estimate of drug-likeness (QED) is 0.409. The van der Waals surface area contributed by atoms with E-state index in [0.717, 1.165) is 29.4 Å². The van der Waals surface area contributed by atoms with E-state index in [1.54, 1.807) is 25.4 Å². The summed E-state index contributed by atoms with van der Waals surface area (Å²) in [5, 5.41) is 20.6. The summed E-state index contributed by atoms with van der Waals surface area (Å²) < 4.78 is 5.21. The molecular weight excluding hydrogens is 464 g/mol. The number of ether oxygens (including phenoxy) is 1. The van der Waals surface area contributed by atoms with Crippen molar-refractivity contribution in [1.29, 1.82) is 0 Å². The van der Waals surface area contributed by atoms with Crippen LogP contribution in [0, 0.1) is 12.8 Å². The second-order valence-electron chi connectivity index (χ2n) is 9.01. The average molecular weight is 495 g/mol. The maximum absolute atomic E-state index is 13.0. The molecule has 1 aliphatic carbocycles. The maximum Gasteiger partial charge on any atom is 0.227 e. The number of amides is 1. The van der Waals surface area contributed by atoms with E-state index in [1.807, 2.05) is 17.8 Å². The molecule has 0 saturated heterocycles. The van der Waals surface area contributed by atoms with Crippen molar-refractivity contribution in [2.24, 2.45) is 5.92 Å². The molecule has 3 aromatic heterocycles. The Morgan fingerprint density at radius 3 is 3.00 bits per heavy atom. The van der Waals surface area contributed by atoms with E-state index in [9.17, 15) is 9.90 Å². The van der Waals surface area contributed by atoms with Crippen molar-refractivity contribution in [2.45, 2.75) is 49.8 Å². The van der Waals surface area contributed by atoms with Crippen LogP contribution in [0.1, 0.15) is 30.5 Å². The van der Waals surface area contributed by atoms with E-state index in [4.69, 9.17) is 9.72 Å². The number of aliphatic hydroxyl groups excluding tert-OH is 1. The number of aryl methyl sites for hydroxylation is 1. The molecule has 1 aliphatic heterocycles. The molecule has 5 rings (SSSR count). The van der Waals surface area contributed by atoms with Gasteiger partial charge in [-0.2, -0.15) is 0 Å². The first-order valence-corrected chi connectivity index (χ1v) is 12.9. The zero-order chi connectivity index (χ0) is 24.4. The highest BCUT2D eigenvalue weighted by Crippen LogP contribution is 2.32. The predicted molar refractivity (Wildman–Crippen MR) is 137 cm³/mol. The van der Waals surface area contributed by atoms with Gasteiger partial charge < -0.3 is 25.8 Å². The number of methoxy groups -OCH3 is 1. The van der Waals surface area contributed by atoms with Crippen LogP contribution in [0.2, 0.25) is 0 Å². The highest BCUT2D eigenvalue weighted by Gasteiger charge is 2.33. The number of aliphatic hydroxyl groups is 1. The highest BCUT2D eigenvalue weighted by molar-refractivity contribution is 7.99. The number of nitrogens with zero attached hydrogens (tertiary/aromatic N) is 3. The van der Waals surface area contributed by atoms with Gasteiger partial charge in [0.25, 0.3) is 0 Å². The Kier molecular flexibility index (Phi) is 7.03. The lowest BCUT2D eigenvalue weighted by atomic mass is 9.83. The summed E-state index contributed by atoms with van der Waals surface area (Å²) in [6.45, 7) is 3.58. The number of carbonyl (C=O) groups is 1. The molecule has 2 aliphatic rings. The van der Waals surface area contributed by atoms with Gasteiger partial charge in [-0.05, 0) is 49.9 Å². The molecule has 0 radical (unpaired) electrons. The lowest BCUT2D eigenvalue weighted by molar-refractivity contribution is -0.122. The molecule has 1 saturated carbocycles. The number of carbonyl (C=O) groups excluding carboxylic acids is 1. The minimum absolute atomic E-state index is 0.0775. The smallest absolute Gasteiger partial charge is 0.227 e. The minimum atomic E-state index is -0.612. The number of rotatable bonds is 6. The number of fused-ring (bicyclic) bond motifs is 2. The Morgan fingerprint density at radius 2 is 2.17 bits per heavy atom. The van der Waals surface area contributed by atoms with Crippen LogP contribution in [0.4, 0.5) is 11.5 Å². The number of thioether (sulfide) groups is 1. The molecule has 0 aromatic carbocycles. The highest BCUT2D eigenvalue weighted by atomic mass is 32.2. The van der Waals surface area contributed by atoms with Crippen LogP contribution in [0.15, 0.2) is 35.4 Å². The molecule has 0 unspecified atom stereocenters. The first kappa shape index (κ1) is 23.8. The fourth-order valence-electron chi connectivity index (χ4n) is 4.68. The van der Waals surface area contributed by atoms with Gasteiger partial charge in [0.05, 0.1) is 35.0 Å². The Bertz CT molecular complexity index is 1240. The van der Waals surface area contributed by atoms with Crippen molar-refractivity contribution >= 4 is 40.2 Å². The van der Waals surface area contributed by atoms with E-state index in [0.29, 0.717) is 48.4 Å². The molecule has 10 heteroatoms. The normalized spacial score (nSPS) is 21.7. The Labute approximate surface area is 208 Å². The second-order valence-corrected chi connectivity index (χ2v) is 10.1. The van der Waals surface area contributed by atoms with Crippen LogP contribution in [0.25, 0.3) is 11.0 Å². The number of aromatic nitrogens is 3. The van der Waals surface area contributed by atoms with Crippen molar-refractivity contribution in [3.63, 3.8) is 0 Å². The standard InChI is InChI=1S/C25H30N6O3S/c1-14-11-21-24(27-9-10-35-21)29-19(14)13-28-16-4-3-15(12-20(16)32)25(33)30-18-7-8-26-17-5-6-22(34-2)31-23(17)18/h5-8,11,15-16,20,28,32H,3-4,9-10,12-13H2,1-2H3,(H,27,29)(H,26,30,33)/t15-,16-,20-/m1/s1. The van der Waals surface area contributed by atoms with Crippen LogP contribution in [-0.4, -0.2) is 57.5 Å². The van der Waals surface area contributed by atoms with E-state index < -0.39 is 6.10 Å². The van der Waals surface area contributed by atoms with Crippen molar-refractivity contribution in [3.8, 4) is 5.88 Å². The third-order valence-electron chi connectivity index (χ3n) is 6.68. The first-order chi connectivity index (χ1) is 17.0. The zero-order valence-electron chi connectivity index (χ0n) is 19.9. The van der Waals surface area contributed by atoms with Crippen LogP contribution in [-0.2, 0) is 11.3 Å². The van der Waals surface area contributed by atoms with Gasteiger partial charge in [-0.3, -0.25) is 9.78 Å². The van der Waals surface area contributed by atoms with Gasteiger partial charge in [0.2, 0.25) is 11.8 Å². The van der Waals surface area contributed by atoms with E-state index in [-0.39, 0.29) is 17.9 Å². The molecule has 0 bridgehead atoms. The van der Waals surface area contributed by atoms with Gasteiger partial charge >= 0.3 is 0 Å². The summed E-state index contributed by atoms with van der Waals surface area (Å²) in [6.07, 6.45) is 2.83. The zero-order valence-corrected chi connectivity index (χ0v) is 20.7. The Balaban J connectivity index is 1.20. The van der Waals surface area contributed by atoms with Crippen molar-refractivity contribution < 1.29 is 14.6 Å². The molecule has 4 heterocycles. The molecule has 184 valence electrons. The van der Waals surface area contributed by atoms with Crippen LogP contribution < -0.4 is 20.7 Å². The molecule has 9 nitrogen and oxygen atoms in total. The molecule has 3 atom stereocenters. The fraction of sp³-hybridized carbons (Fsp3) is 0.440. The Morgan fingerprint density at radius 1 is 1.29 bits per heavy atom. The topological polar surface area (TPSA) is 121 Å². The molecule has 3 aromatic rings. The average Bonchev–Trinajstić information content (AvgIpc) is 2.88. The third kappa shape index (κ3) is 5.19. The molecule has 0 spiro atoms. The molecule has 1 amide bonds. The van der Waals surface area contributed by atoms with Gasteiger partial charge in [0.1, 0.15) is 11.3 Å². The lowest BCUT2D eigenvalue weighted by Crippen LogP contribution is -2.46. The number of nitrogens with one attached hydrogen (secondary N) is 3. The van der Waals surface area contributed by atoms with E-state index >= 15 is 0 Å². The summed E-state index contributed by atoms with van der Waals surface area (Å²) in [4.78, 5) is 27.8. The van der Waals surface area contributed by atoms with Crippen molar-refractivity contribution in [1.82, 2.24) is 20.3 Å². The van der Waals surface area contributed by atoms with Crippen LogP contribution in [0.5, 0.6) is 5.88 Å². The molecule has 1 fully saturated rings.